The second-order valence-electron chi connectivity index (χ2n) is 7.48. The van der Waals surface area contributed by atoms with Gasteiger partial charge in [0.15, 0.2) is 0 Å². The van der Waals surface area contributed by atoms with Crippen LogP contribution in [0.2, 0.25) is 0 Å². The Labute approximate surface area is 169 Å². The van der Waals surface area contributed by atoms with Gasteiger partial charge in [-0.1, -0.05) is 36.4 Å². The van der Waals surface area contributed by atoms with Gasteiger partial charge in [0.1, 0.15) is 11.7 Å². The van der Waals surface area contributed by atoms with Crippen LogP contribution in [0.25, 0.3) is 5.65 Å². The lowest BCUT2D eigenvalue weighted by Gasteiger charge is -2.17. The highest BCUT2D eigenvalue weighted by molar-refractivity contribution is 5.89. The van der Waals surface area contributed by atoms with Crippen LogP contribution < -0.4 is 16.0 Å². The van der Waals surface area contributed by atoms with Crippen LogP contribution in [0.3, 0.4) is 0 Å². The SMILES string of the molecule is C[C@H](NC(=O)[C@H]1C[C@H](c2ccccc2)CN1)C(=O)NCc1ccc2nccn2c1. The van der Waals surface area contributed by atoms with E-state index in [4.69, 9.17) is 0 Å². The van der Waals surface area contributed by atoms with E-state index in [2.05, 4.69) is 33.1 Å². The van der Waals surface area contributed by atoms with Gasteiger partial charge in [-0.15, -0.1) is 0 Å². The van der Waals surface area contributed by atoms with Crippen molar-refractivity contribution < 1.29 is 9.59 Å². The quantitative estimate of drug-likeness (QED) is 0.596. The maximum atomic E-state index is 12.6. The number of hydrogen-bond acceptors (Lipinski definition) is 4. The van der Waals surface area contributed by atoms with Crippen molar-refractivity contribution in [3.05, 3.63) is 72.2 Å². The zero-order valence-electron chi connectivity index (χ0n) is 16.3. The molecule has 1 aliphatic rings. The average Bonchev–Trinajstić information content (AvgIpc) is 3.41. The number of pyridine rings is 1. The van der Waals surface area contributed by atoms with E-state index in [9.17, 15) is 9.59 Å². The smallest absolute Gasteiger partial charge is 0.242 e. The number of benzene rings is 1. The molecule has 0 bridgehead atoms. The van der Waals surface area contributed by atoms with Gasteiger partial charge in [-0.2, -0.15) is 0 Å². The van der Waals surface area contributed by atoms with Crippen LogP contribution in [0.1, 0.15) is 30.4 Å². The highest BCUT2D eigenvalue weighted by Gasteiger charge is 2.31. The van der Waals surface area contributed by atoms with Crippen LogP contribution in [0.15, 0.2) is 61.1 Å². The van der Waals surface area contributed by atoms with Crippen molar-refractivity contribution in [3.8, 4) is 0 Å². The van der Waals surface area contributed by atoms with Crippen molar-refractivity contribution in [3.63, 3.8) is 0 Å². The maximum Gasteiger partial charge on any atom is 0.242 e. The van der Waals surface area contributed by atoms with Crippen molar-refractivity contribution in [1.29, 1.82) is 0 Å². The van der Waals surface area contributed by atoms with E-state index in [1.165, 1.54) is 5.56 Å². The van der Waals surface area contributed by atoms with Crippen LogP contribution >= 0.6 is 0 Å². The molecule has 3 heterocycles. The Balaban J connectivity index is 1.26. The van der Waals surface area contributed by atoms with Crippen molar-refractivity contribution in [2.24, 2.45) is 0 Å². The third-order valence-corrected chi connectivity index (χ3v) is 5.39. The van der Waals surface area contributed by atoms with Crippen LogP contribution in [0, 0.1) is 0 Å². The molecule has 7 nitrogen and oxygen atoms in total. The second kappa shape index (κ2) is 8.45. The number of hydrogen-bond donors (Lipinski definition) is 3. The predicted octanol–water partition coefficient (Wildman–Crippen LogP) is 1.60. The monoisotopic (exact) mass is 391 g/mol. The first-order valence-electron chi connectivity index (χ1n) is 9.88. The molecule has 1 aliphatic heterocycles. The van der Waals surface area contributed by atoms with Gasteiger partial charge in [-0.05, 0) is 36.5 Å². The second-order valence-corrected chi connectivity index (χ2v) is 7.48. The first kappa shape index (κ1) is 19.1. The minimum absolute atomic E-state index is 0.133. The highest BCUT2D eigenvalue weighted by atomic mass is 16.2. The van der Waals surface area contributed by atoms with Crippen LogP contribution in [-0.4, -0.2) is 39.8 Å². The molecule has 0 saturated carbocycles. The van der Waals surface area contributed by atoms with Gasteiger partial charge in [-0.25, -0.2) is 4.98 Å². The van der Waals surface area contributed by atoms with Crippen molar-refractivity contribution in [2.45, 2.75) is 37.9 Å². The summed E-state index contributed by atoms with van der Waals surface area (Å²) in [5.74, 6) is -0.0261. The number of carbonyl (C=O) groups excluding carboxylic acids is 2. The van der Waals surface area contributed by atoms with E-state index in [-0.39, 0.29) is 17.9 Å². The fourth-order valence-corrected chi connectivity index (χ4v) is 3.71. The average molecular weight is 391 g/mol. The highest BCUT2D eigenvalue weighted by Crippen LogP contribution is 2.25. The van der Waals surface area contributed by atoms with Gasteiger partial charge in [-0.3, -0.25) is 9.59 Å². The zero-order valence-corrected chi connectivity index (χ0v) is 16.3. The molecule has 0 radical (unpaired) electrons. The summed E-state index contributed by atoms with van der Waals surface area (Å²) < 4.78 is 1.90. The van der Waals surface area contributed by atoms with Crippen LogP contribution in [0.5, 0.6) is 0 Å². The molecule has 4 rings (SSSR count). The molecule has 0 unspecified atom stereocenters. The molecular formula is C22H25N5O2. The molecule has 3 N–H and O–H groups in total. The molecule has 29 heavy (non-hydrogen) atoms. The molecular weight excluding hydrogens is 366 g/mol. The van der Waals surface area contributed by atoms with E-state index >= 15 is 0 Å². The van der Waals surface area contributed by atoms with Gasteiger partial charge in [0.25, 0.3) is 0 Å². The standard InChI is InChI=1S/C22H25N5O2/c1-15(21(28)25-12-16-7-8-20-23-9-10-27(20)14-16)26-22(29)19-11-18(13-24-19)17-5-3-2-4-6-17/h2-10,14-15,18-19,24H,11-13H2,1H3,(H,25,28)(H,26,29)/t15-,18-,19+/m0/s1. The number of nitrogens with one attached hydrogen (secondary N) is 3. The lowest BCUT2D eigenvalue weighted by Crippen LogP contribution is -2.49. The third kappa shape index (κ3) is 4.46. The number of aromatic nitrogens is 2. The van der Waals surface area contributed by atoms with Gasteiger partial charge >= 0.3 is 0 Å². The third-order valence-electron chi connectivity index (χ3n) is 5.39. The van der Waals surface area contributed by atoms with E-state index in [1.807, 2.05) is 47.1 Å². The summed E-state index contributed by atoms with van der Waals surface area (Å²) in [6, 6.07) is 13.1. The lowest BCUT2D eigenvalue weighted by molar-refractivity contribution is -0.129. The van der Waals surface area contributed by atoms with Gasteiger partial charge in [0.05, 0.1) is 6.04 Å². The number of fused-ring (bicyclic) bond motifs is 1. The minimum atomic E-state index is -0.600. The summed E-state index contributed by atoms with van der Waals surface area (Å²) >= 11 is 0. The Morgan fingerprint density at radius 1 is 1.24 bits per heavy atom. The van der Waals surface area contributed by atoms with E-state index in [0.29, 0.717) is 12.5 Å². The van der Waals surface area contributed by atoms with Crippen molar-refractivity contribution in [1.82, 2.24) is 25.3 Å². The molecule has 1 saturated heterocycles. The molecule has 2 aromatic heterocycles. The summed E-state index contributed by atoms with van der Waals surface area (Å²) in [4.78, 5) is 29.2. The van der Waals surface area contributed by atoms with E-state index in [1.54, 1.807) is 13.1 Å². The van der Waals surface area contributed by atoms with Crippen LogP contribution in [-0.2, 0) is 16.1 Å². The van der Waals surface area contributed by atoms with E-state index in [0.717, 1.165) is 24.2 Å². The number of rotatable bonds is 6. The zero-order chi connectivity index (χ0) is 20.2. The van der Waals surface area contributed by atoms with Crippen molar-refractivity contribution in [2.75, 3.05) is 6.54 Å². The van der Waals surface area contributed by atoms with Crippen LogP contribution in [0.4, 0.5) is 0 Å². The topological polar surface area (TPSA) is 87.5 Å². The van der Waals surface area contributed by atoms with Gasteiger partial charge < -0.3 is 20.4 Å². The molecule has 3 atom stereocenters. The Bertz CT molecular complexity index is 1000. The fraction of sp³-hybridized carbons (Fsp3) is 0.318. The van der Waals surface area contributed by atoms with Gasteiger partial charge in [0, 0.05) is 31.7 Å². The summed E-state index contributed by atoms with van der Waals surface area (Å²) in [7, 11) is 0. The Kier molecular flexibility index (Phi) is 5.57. The minimum Gasteiger partial charge on any atom is -0.350 e. The molecule has 1 aromatic carbocycles. The van der Waals surface area contributed by atoms with Crippen molar-refractivity contribution >= 4 is 17.5 Å². The number of nitrogens with zero attached hydrogens (tertiary/aromatic N) is 2. The maximum absolute atomic E-state index is 12.6. The first-order chi connectivity index (χ1) is 14.1. The Morgan fingerprint density at radius 2 is 2.07 bits per heavy atom. The Hall–Kier alpha value is -3.19. The molecule has 2 amide bonds. The molecule has 0 aliphatic carbocycles. The van der Waals surface area contributed by atoms with E-state index < -0.39 is 6.04 Å². The predicted molar refractivity (Wildman–Crippen MR) is 110 cm³/mol. The number of carbonyl (C=O) groups is 2. The summed E-state index contributed by atoms with van der Waals surface area (Å²) in [6.45, 7) is 2.86. The lowest BCUT2D eigenvalue weighted by atomic mass is 9.96. The normalized spacial score (nSPS) is 19.8. The Morgan fingerprint density at radius 3 is 2.90 bits per heavy atom. The first-order valence-corrected chi connectivity index (χ1v) is 9.88. The largest absolute Gasteiger partial charge is 0.350 e. The molecule has 7 heteroatoms. The molecule has 3 aromatic rings. The summed E-state index contributed by atoms with van der Waals surface area (Å²) in [5.41, 5.74) is 3.06. The molecule has 150 valence electrons. The number of imidazole rings is 1. The fourth-order valence-electron chi connectivity index (χ4n) is 3.71. The molecule has 1 fully saturated rings. The number of amides is 2. The molecule has 0 spiro atoms. The summed E-state index contributed by atoms with van der Waals surface area (Å²) in [5, 5.41) is 8.97. The van der Waals surface area contributed by atoms with Gasteiger partial charge in [0.2, 0.25) is 11.8 Å². The summed E-state index contributed by atoms with van der Waals surface area (Å²) in [6.07, 6.45) is 6.25.